The van der Waals surface area contributed by atoms with Crippen molar-refractivity contribution in [3.05, 3.63) is 334 Å². The van der Waals surface area contributed by atoms with E-state index >= 15 is 0 Å². The van der Waals surface area contributed by atoms with Gasteiger partial charge in [0.05, 0.1) is 44.1 Å². The number of hydrogen-bond acceptors (Lipinski definition) is 3. The van der Waals surface area contributed by atoms with Crippen molar-refractivity contribution < 1.29 is 0 Å². The molecular weight excluding hydrogens is 1140 g/mol. The van der Waals surface area contributed by atoms with Crippen LogP contribution in [0.1, 0.15) is 0 Å². The van der Waals surface area contributed by atoms with Gasteiger partial charge < -0.3 is 13.7 Å². The van der Waals surface area contributed by atoms with Gasteiger partial charge in [-0.3, -0.25) is 4.57 Å². The summed E-state index contributed by atoms with van der Waals surface area (Å²) >= 11 is 0. The number of fused-ring (bicyclic) bond motifs is 12. The quantitative estimate of drug-likeness (QED) is 0.137. The van der Waals surface area contributed by atoms with Gasteiger partial charge >= 0.3 is 0 Å². The Morgan fingerprint density at radius 1 is 0.181 bits per heavy atom. The van der Waals surface area contributed by atoms with Gasteiger partial charge in [0.15, 0.2) is 11.6 Å². The number of aromatic nitrogens is 7. The molecule has 0 aliphatic carbocycles. The maximum absolute atomic E-state index is 5.68. The molecule has 0 saturated heterocycles. The van der Waals surface area contributed by atoms with Crippen LogP contribution in [0.5, 0.6) is 0 Å². The van der Waals surface area contributed by atoms with Crippen molar-refractivity contribution in [2.45, 2.75) is 0 Å². The van der Waals surface area contributed by atoms with Gasteiger partial charge in [-0.25, -0.2) is 4.98 Å². The summed E-state index contributed by atoms with van der Waals surface area (Å²) in [5, 5.41) is 9.44. The molecule has 19 rings (SSSR count). The van der Waals surface area contributed by atoms with Crippen molar-refractivity contribution in [2.24, 2.45) is 0 Å². The Kier molecular flexibility index (Phi) is 12.1. The molecule has 0 aliphatic heterocycles. The average Bonchev–Trinajstić information content (AvgIpc) is 1.57. The Hall–Kier alpha value is -12.7. The van der Waals surface area contributed by atoms with Gasteiger partial charge in [0, 0.05) is 71.3 Å². The predicted octanol–water partition coefficient (Wildman–Crippen LogP) is 22.3. The summed E-state index contributed by atoms with van der Waals surface area (Å²) in [7, 11) is 0. The Bertz CT molecular complexity index is 6160. The van der Waals surface area contributed by atoms with Crippen LogP contribution in [0.4, 0.5) is 0 Å². The van der Waals surface area contributed by atoms with Crippen molar-refractivity contribution >= 4 is 87.2 Å². The maximum atomic E-state index is 5.68. The van der Waals surface area contributed by atoms with Crippen molar-refractivity contribution in [3.8, 4) is 90.3 Å². The molecule has 0 N–H and O–H groups in total. The summed E-state index contributed by atoms with van der Waals surface area (Å²) in [4.78, 5) is 16.9. The zero-order valence-electron chi connectivity index (χ0n) is 50.9. The zero-order valence-corrected chi connectivity index (χ0v) is 50.9. The van der Waals surface area contributed by atoms with Crippen LogP contribution in [0.3, 0.4) is 0 Å². The minimum atomic E-state index is 0.522. The molecule has 5 aromatic heterocycles. The van der Waals surface area contributed by atoms with Crippen molar-refractivity contribution in [3.63, 3.8) is 0 Å². The monoisotopic (exact) mass is 1200 g/mol. The van der Waals surface area contributed by atoms with Gasteiger partial charge in [0.1, 0.15) is 0 Å². The van der Waals surface area contributed by atoms with E-state index in [0.717, 1.165) is 100.0 Å². The topological polar surface area (TPSA) is 58.4 Å². The highest BCUT2D eigenvalue weighted by Gasteiger charge is 2.25. The molecule has 19 aromatic rings. The highest BCUT2D eigenvalue weighted by atomic mass is 15.2. The van der Waals surface area contributed by atoms with E-state index in [2.05, 4.69) is 352 Å². The van der Waals surface area contributed by atoms with E-state index in [-0.39, 0.29) is 0 Å². The van der Waals surface area contributed by atoms with Crippen LogP contribution in [-0.4, -0.2) is 33.2 Å². The van der Waals surface area contributed by atoms with Crippen LogP contribution in [0.15, 0.2) is 334 Å². The Morgan fingerprint density at radius 3 is 0.915 bits per heavy atom. The van der Waals surface area contributed by atoms with Gasteiger partial charge in [-0.05, 0) is 154 Å². The molecule has 0 unspecified atom stereocenters. The highest BCUT2D eigenvalue weighted by Crippen LogP contribution is 2.44. The Labute approximate surface area is 541 Å². The number of para-hydroxylation sites is 6. The third-order valence-electron chi connectivity index (χ3n) is 19.0. The Morgan fingerprint density at radius 2 is 0.489 bits per heavy atom. The molecule has 0 spiro atoms. The lowest BCUT2D eigenvalue weighted by atomic mass is 9.91. The van der Waals surface area contributed by atoms with Gasteiger partial charge in [-0.15, -0.1) is 0 Å². The number of benzene rings is 14. The first-order chi connectivity index (χ1) is 46.6. The summed E-state index contributed by atoms with van der Waals surface area (Å²) in [6.07, 6.45) is 0. The van der Waals surface area contributed by atoms with Gasteiger partial charge in [0.2, 0.25) is 5.95 Å². The number of rotatable bonds is 10. The van der Waals surface area contributed by atoms with Crippen LogP contribution in [0.2, 0.25) is 0 Å². The summed E-state index contributed by atoms with van der Waals surface area (Å²) in [6.45, 7) is 0. The first kappa shape index (κ1) is 53.2. The fourth-order valence-electron chi connectivity index (χ4n) is 14.8. The first-order valence-corrected chi connectivity index (χ1v) is 32.0. The van der Waals surface area contributed by atoms with Crippen LogP contribution >= 0.6 is 0 Å². The number of nitrogens with zero attached hydrogens (tertiary/aromatic N) is 7. The summed E-state index contributed by atoms with van der Waals surface area (Å²) in [5.41, 5.74) is 22.8. The normalized spacial score (nSPS) is 11.8. The van der Waals surface area contributed by atoms with E-state index in [1.165, 1.54) is 59.9 Å². The molecule has 0 aliphatic rings. The third-order valence-corrected chi connectivity index (χ3v) is 19.0. The fraction of sp³-hybridized carbons (Fsp3) is 0. The summed E-state index contributed by atoms with van der Waals surface area (Å²) < 4.78 is 9.37. The molecule has 438 valence electrons. The molecule has 7 nitrogen and oxygen atoms in total. The molecule has 0 radical (unpaired) electrons. The van der Waals surface area contributed by atoms with Crippen molar-refractivity contribution in [1.29, 1.82) is 0 Å². The molecule has 14 aromatic carbocycles. The van der Waals surface area contributed by atoms with Gasteiger partial charge in [-0.1, -0.05) is 224 Å². The molecule has 0 saturated carbocycles. The second kappa shape index (κ2) is 21.5. The molecule has 0 bridgehead atoms. The van der Waals surface area contributed by atoms with E-state index < -0.39 is 0 Å². The maximum Gasteiger partial charge on any atom is 0.238 e. The lowest BCUT2D eigenvalue weighted by Crippen LogP contribution is -2.07. The van der Waals surface area contributed by atoms with Crippen LogP contribution in [0.25, 0.3) is 178 Å². The van der Waals surface area contributed by atoms with E-state index in [0.29, 0.717) is 17.6 Å². The fourth-order valence-corrected chi connectivity index (χ4v) is 14.8. The molecule has 5 heterocycles. The predicted molar refractivity (Wildman–Crippen MR) is 390 cm³/mol. The van der Waals surface area contributed by atoms with E-state index in [1.54, 1.807) is 0 Å². The first-order valence-electron chi connectivity index (χ1n) is 32.0. The standard InChI is InChI=1S/C87H55N7/c1-5-23-56(24-6-1)66-37-22-38-67(57-25-7-2-8-26-57)84(66)86-88-85(89-87(90-86)94-79-42-20-16-36-71(79)75-55-61(46-50-83(75)94)59-44-48-81-73(53-59)69-34-14-18-40-77(69)92(81)64-30-11-4-12-31-64)62-27-21-32-65(51-62)93-78-41-19-15-35-70(78)74-54-60(45-49-82(74)93)58-43-47-80-72(52-58)68-33-13-17-39-76(68)91(80)63-28-9-3-10-29-63/h1-55H. The van der Waals surface area contributed by atoms with Crippen LogP contribution in [-0.2, 0) is 0 Å². The lowest BCUT2D eigenvalue weighted by molar-refractivity contribution is 0.953. The molecule has 0 amide bonds. The number of hydrogen-bond donors (Lipinski definition) is 0. The average molecular weight is 1200 g/mol. The summed E-state index contributed by atoms with van der Waals surface area (Å²) in [5.74, 6) is 1.65. The minimum Gasteiger partial charge on any atom is -0.309 e. The van der Waals surface area contributed by atoms with E-state index in [9.17, 15) is 0 Å². The molecule has 7 heteroatoms. The van der Waals surface area contributed by atoms with Crippen molar-refractivity contribution in [2.75, 3.05) is 0 Å². The smallest absolute Gasteiger partial charge is 0.238 e. The third kappa shape index (κ3) is 8.49. The highest BCUT2D eigenvalue weighted by molar-refractivity contribution is 6.15. The second-order valence-corrected chi connectivity index (χ2v) is 24.3. The van der Waals surface area contributed by atoms with Gasteiger partial charge in [0.25, 0.3) is 0 Å². The van der Waals surface area contributed by atoms with E-state index in [4.69, 9.17) is 15.0 Å². The van der Waals surface area contributed by atoms with E-state index in [1.807, 2.05) is 0 Å². The molecule has 0 fully saturated rings. The molecular formula is C87H55N7. The Balaban J connectivity index is 0.787. The minimum absolute atomic E-state index is 0.522. The SMILES string of the molecule is c1ccc(-c2cccc(-c3ccccc3)c2-c2nc(-c3cccc(-n4c5ccccc5c5cc(-c6ccc7c(c6)c6ccccc6n7-c6ccccc6)ccc54)c3)nc(-n3c4ccccc4c4cc(-c5ccc6c(c5)c5ccccc5n6-c5ccccc5)ccc43)n2)cc1. The zero-order chi connectivity index (χ0) is 61.8. The van der Waals surface area contributed by atoms with Gasteiger partial charge in [-0.2, -0.15) is 9.97 Å². The van der Waals surface area contributed by atoms with Crippen LogP contribution in [0, 0.1) is 0 Å². The molecule has 94 heavy (non-hydrogen) atoms. The lowest BCUT2D eigenvalue weighted by Gasteiger charge is -2.17. The van der Waals surface area contributed by atoms with Crippen molar-refractivity contribution in [1.82, 2.24) is 33.2 Å². The van der Waals surface area contributed by atoms with Crippen LogP contribution < -0.4 is 0 Å². The largest absolute Gasteiger partial charge is 0.309 e. The second-order valence-electron chi connectivity index (χ2n) is 24.3. The molecule has 0 atom stereocenters. The summed E-state index contributed by atoms with van der Waals surface area (Å²) in [6, 6.07) is 120.